The first-order chi connectivity index (χ1) is 16.7. The summed E-state index contributed by atoms with van der Waals surface area (Å²) in [6, 6.07) is 7.45. The molecule has 2 N–H and O–H groups in total. The zero-order valence-electron chi connectivity index (χ0n) is 19.7. The Morgan fingerprint density at radius 1 is 0.676 bits per heavy atom. The molecule has 8 nitrogen and oxygen atoms in total. The number of nitrogens with zero attached hydrogens (tertiary/aromatic N) is 4. The van der Waals surface area contributed by atoms with Gasteiger partial charge in [0.25, 0.3) is 11.8 Å². The highest BCUT2D eigenvalue weighted by atomic mass is 16.2. The summed E-state index contributed by atoms with van der Waals surface area (Å²) in [6.45, 7) is 4.09. The second kappa shape index (κ2) is 10.4. The zero-order valence-corrected chi connectivity index (χ0v) is 19.7. The van der Waals surface area contributed by atoms with Crippen molar-refractivity contribution in [2.24, 2.45) is 0 Å². The van der Waals surface area contributed by atoms with E-state index in [1.54, 1.807) is 12.4 Å². The number of nitrogens with one attached hydrogen (secondary N) is 2. The van der Waals surface area contributed by atoms with Crippen LogP contribution < -0.4 is 20.4 Å². The minimum atomic E-state index is -0.179. The van der Waals surface area contributed by atoms with Crippen LogP contribution in [-0.2, 0) is 0 Å². The summed E-state index contributed by atoms with van der Waals surface area (Å²) in [5.74, 6) is -0.359. The Labute approximate surface area is 201 Å². The number of aromatic nitrogens is 2. The van der Waals surface area contributed by atoms with Crippen molar-refractivity contribution in [3.05, 3.63) is 48.0 Å². The molecule has 8 heteroatoms. The molecule has 2 saturated heterocycles. The van der Waals surface area contributed by atoms with Crippen LogP contribution in [0.25, 0.3) is 0 Å². The fraction of sp³-hybridized carbons (Fsp3) is 0.538. The van der Waals surface area contributed by atoms with E-state index in [1.165, 1.54) is 25.7 Å². The lowest BCUT2D eigenvalue weighted by atomic mass is 9.90. The maximum atomic E-state index is 13.1. The minimum Gasteiger partial charge on any atom is -0.371 e. The van der Waals surface area contributed by atoms with Gasteiger partial charge in [-0.1, -0.05) is 12.8 Å². The van der Waals surface area contributed by atoms with Gasteiger partial charge in [0.2, 0.25) is 0 Å². The minimum absolute atomic E-state index is 0.121. The molecule has 2 aliphatic heterocycles. The van der Waals surface area contributed by atoms with Crippen LogP contribution in [-0.4, -0.2) is 60.0 Å². The van der Waals surface area contributed by atoms with Gasteiger partial charge < -0.3 is 20.4 Å². The maximum Gasteiger partial charge on any atom is 0.270 e. The molecule has 0 bridgehead atoms. The monoisotopic (exact) mass is 462 g/mol. The predicted molar refractivity (Wildman–Crippen MR) is 132 cm³/mol. The van der Waals surface area contributed by atoms with Gasteiger partial charge in [-0.3, -0.25) is 19.6 Å². The molecule has 4 heterocycles. The average Bonchev–Trinajstić information content (AvgIpc) is 3.60. The SMILES string of the molecule is O=C(N[C@H]1CCCC[C@@H]1NC(=O)c1cc(N2CCCC2)ccn1)c1cc(N2CCCC2)ccn1. The predicted octanol–water partition coefficient (Wildman–Crippen LogP) is 3.15. The molecule has 2 amide bonds. The second-order valence-corrected chi connectivity index (χ2v) is 9.63. The molecule has 34 heavy (non-hydrogen) atoms. The number of carbonyl (C=O) groups is 2. The second-order valence-electron chi connectivity index (χ2n) is 9.63. The number of hydrogen-bond donors (Lipinski definition) is 2. The number of amides is 2. The third-order valence-corrected chi connectivity index (χ3v) is 7.29. The van der Waals surface area contributed by atoms with E-state index in [-0.39, 0.29) is 23.9 Å². The van der Waals surface area contributed by atoms with Crippen molar-refractivity contribution in [3.63, 3.8) is 0 Å². The van der Waals surface area contributed by atoms with Gasteiger partial charge in [-0.15, -0.1) is 0 Å². The fourth-order valence-electron chi connectivity index (χ4n) is 5.39. The Kier molecular flexibility index (Phi) is 6.92. The number of pyridine rings is 2. The molecular weight excluding hydrogens is 428 g/mol. The van der Waals surface area contributed by atoms with E-state index in [9.17, 15) is 9.59 Å². The van der Waals surface area contributed by atoms with Crippen LogP contribution in [0, 0.1) is 0 Å². The van der Waals surface area contributed by atoms with Crippen LogP contribution in [0.5, 0.6) is 0 Å². The average molecular weight is 463 g/mol. The lowest BCUT2D eigenvalue weighted by molar-refractivity contribution is 0.0857. The quantitative estimate of drug-likeness (QED) is 0.686. The van der Waals surface area contributed by atoms with Crippen LogP contribution in [0.15, 0.2) is 36.7 Å². The normalized spacial score (nSPS) is 22.6. The molecule has 2 aromatic rings. The third kappa shape index (κ3) is 5.16. The molecule has 0 spiro atoms. The van der Waals surface area contributed by atoms with Crippen LogP contribution in [0.3, 0.4) is 0 Å². The summed E-state index contributed by atoms with van der Waals surface area (Å²) in [5.41, 5.74) is 2.96. The smallest absolute Gasteiger partial charge is 0.270 e. The summed E-state index contributed by atoms with van der Waals surface area (Å²) >= 11 is 0. The number of anilines is 2. The van der Waals surface area contributed by atoms with E-state index in [2.05, 4.69) is 30.4 Å². The van der Waals surface area contributed by atoms with Crippen LogP contribution in [0.1, 0.15) is 72.3 Å². The lowest BCUT2D eigenvalue weighted by Gasteiger charge is -2.32. The first-order valence-corrected chi connectivity index (χ1v) is 12.7. The molecule has 3 aliphatic rings. The Morgan fingerprint density at radius 3 is 1.50 bits per heavy atom. The summed E-state index contributed by atoms with van der Waals surface area (Å²) in [7, 11) is 0. The Hall–Kier alpha value is -3.16. The van der Waals surface area contributed by atoms with E-state index in [0.29, 0.717) is 11.4 Å². The highest BCUT2D eigenvalue weighted by Crippen LogP contribution is 2.23. The number of rotatable bonds is 6. The van der Waals surface area contributed by atoms with Gasteiger partial charge in [-0.05, 0) is 62.8 Å². The van der Waals surface area contributed by atoms with Gasteiger partial charge in [0.15, 0.2) is 0 Å². The largest absolute Gasteiger partial charge is 0.371 e. The highest BCUT2D eigenvalue weighted by Gasteiger charge is 2.29. The van der Waals surface area contributed by atoms with Crippen LogP contribution >= 0.6 is 0 Å². The Balaban J connectivity index is 1.24. The van der Waals surface area contributed by atoms with E-state index in [0.717, 1.165) is 63.2 Å². The summed E-state index contributed by atoms with van der Waals surface area (Å²) in [4.78, 5) is 39.3. The van der Waals surface area contributed by atoms with Gasteiger partial charge in [-0.2, -0.15) is 0 Å². The van der Waals surface area contributed by atoms with Crippen molar-refractivity contribution in [1.29, 1.82) is 0 Å². The molecule has 180 valence electrons. The molecule has 2 atom stereocenters. The molecule has 3 fully saturated rings. The first-order valence-electron chi connectivity index (χ1n) is 12.7. The van der Waals surface area contributed by atoms with Crippen molar-refractivity contribution in [2.45, 2.75) is 63.5 Å². The Morgan fingerprint density at radius 2 is 1.09 bits per heavy atom. The lowest BCUT2D eigenvalue weighted by Crippen LogP contribution is -2.53. The highest BCUT2D eigenvalue weighted by molar-refractivity contribution is 5.94. The molecule has 0 unspecified atom stereocenters. The van der Waals surface area contributed by atoms with E-state index in [4.69, 9.17) is 0 Å². The van der Waals surface area contributed by atoms with E-state index < -0.39 is 0 Å². The van der Waals surface area contributed by atoms with E-state index in [1.807, 2.05) is 24.3 Å². The van der Waals surface area contributed by atoms with Crippen molar-refractivity contribution in [3.8, 4) is 0 Å². The molecular formula is C26H34N6O2. The zero-order chi connectivity index (χ0) is 23.3. The van der Waals surface area contributed by atoms with Crippen molar-refractivity contribution < 1.29 is 9.59 Å². The first kappa shape index (κ1) is 22.6. The molecule has 5 rings (SSSR count). The van der Waals surface area contributed by atoms with E-state index >= 15 is 0 Å². The standard InChI is InChI=1S/C26H34N6O2/c33-25(23-17-19(9-11-27-23)31-13-3-4-14-31)29-21-7-1-2-8-22(21)30-26(34)24-18-20(10-12-28-24)32-15-5-6-16-32/h9-12,17-18,21-22H,1-8,13-16H2,(H,29,33)(H,30,34)/t21-,22-/m0/s1. The van der Waals surface area contributed by atoms with Crippen molar-refractivity contribution in [1.82, 2.24) is 20.6 Å². The van der Waals surface area contributed by atoms with Gasteiger partial charge in [0.05, 0.1) is 0 Å². The molecule has 0 radical (unpaired) electrons. The maximum absolute atomic E-state index is 13.1. The fourth-order valence-corrected chi connectivity index (χ4v) is 5.39. The van der Waals surface area contributed by atoms with Crippen LogP contribution in [0.4, 0.5) is 11.4 Å². The summed E-state index contributed by atoms with van der Waals surface area (Å²) in [5, 5.41) is 6.31. The topological polar surface area (TPSA) is 90.5 Å². The van der Waals surface area contributed by atoms with Crippen molar-refractivity contribution in [2.75, 3.05) is 36.0 Å². The number of hydrogen-bond acceptors (Lipinski definition) is 6. The number of carbonyl (C=O) groups excluding carboxylic acids is 2. The molecule has 1 saturated carbocycles. The molecule has 2 aromatic heterocycles. The van der Waals surface area contributed by atoms with Gasteiger partial charge >= 0.3 is 0 Å². The van der Waals surface area contributed by atoms with Gasteiger partial charge in [0, 0.05) is 62.0 Å². The van der Waals surface area contributed by atoms with Gasteiger partial charge in [0.1, 0.15) is 11.4 Å². The van der Waals surface area contributed by atoms with Crippen molar-refractivity contribution >= 4 is 23.2 Å². The summed E-state index contributed by atoms with van der Waals surface area (Å²) in [6.07, 6.45) is 11.9. The van der Waals surface area contributed by atoms with Gasteiger partial charge in [-0.25, -0.2) is 0 Å². The molecule has 0 aromatic carbocycles. The van der Waals surface area contributed by atoms with Crippen LogP contribution in [0.2, 0.25) is 0 Å². The third-order valence-electron chi connectivity index (χ3n) is 7.29. The Bertz CT molecular complexity index is 934. The molecule has 1 aliphatic carbocycles. The summed E-state index contributed by atoms with van der Waals surface area (Å²) < 4.78 is 0.